The molecular weight excluding hydrogens is 248 g/mol. The molecule has 0 fully saturated rings. The van der Waals surface area contributed by atoms with Gasteiger partial charge in [0.1, 0.15) is 5.75 Å². The Morgan fingerprint density at radius 2 is 1.50 bits per heavy atom. The van der Waals surface area contributed by atoms with Gasteiger partial charge in [0.05, 0.1) is 13.2 Å². The Balaban J connectivity index is 1.51. The molecule has 0 bridgehead atoms. The van der Waals surface area contributed by atoms with Crippen molar-refractivity contribution in [2.45, 2.75) is 26.4 Å². The van der Waals surface area contributed by atoms with Gasteiger partial charge in [-0.1, -0.05) is 48.0 Å². The van der Waals surface area contributed by atoms with Crippen LogP contribution in [0.25, 0.3) is 0 Å². The van der Waals surface area contributed by atoms with Crippen molar-refractivity contribution in [1.82, 2.24) is 0 Å². The average Bonchev–Trinajstić information content (AvgIpc) is 2.49. The summed E-state index contributed by atoms with van der Waals surface area (Å²) in [5, 5.41) is 0. The molecular formula is C18H22O2. The minimum Gasteiger partial charge on any atom is -0.494 e. The lowest BCUT2D eigenvalue weighted by molar-refractivity contribution is 0.113. The van der Waals surface area contributed by atoms with Gasteiger partial charge in [0.2, 0.25) is 0 Å². The van der Waals surface area contributed by atoms with E-state index in [0.717, 1.165) is 31.8 Å². The summed E-state index contributed by atoms with van der Waals surface area (Å²) in [6, 6.07) is 18.4. The number of ether oxygens (including phenoxy) is 2. The van der Waals surface area contributed by atoms with Crippen molar-refractivity contribution < 1.29 is 9.47 Å². The second-order valence-electron chi connectivity index (χ2n) is 4.91. The monoisotopic (exact) mass is 270 g/mol. The Morgan fingerprint density at radius 3 is 2.25 bits per heavy atom. The smallest absolute Gasteiger partial charge is 0.119 e. The molecule has 0 spiro atoms. The normalized spacial score (nSPS) is 10.4. The predicted molar refractivity (Wildman–Crippen MR) is 82.0 cm³/mol. The first-order valence-corrected chi connectivity index (χ1v) is 7.16. The van der Waals surface area contributed by atoms with E-state index in [-0.39, 0.29) is 0 Å². The number of unbranched alkanes of at least 4 members (excludes halogenated alkanes) is 1. The first-order chi connectivity index (χ1) is 9.84. The van der Waals surface area contributed by atoms with E-state index in [2.05, 4.69) is 31.2 Å². The minimum absolute atomic E-state index is 0.694. The van der Waals surface area contributed by atoms with Crippen LogP contribution in [0.5, 0.6) is 5.75 Å². The summed E-state index contributed by atoms with van der Waals surface area (Å²) in [7, 11) is 0. The topological polar surface area (TPSA) is 18.5 Å². The predicted octanol–water partition coefficient (Wildman–Crippen LogP) is 4.37. The van der Waals surface area contributed by atoms with Crippen LogP contribution in [0, 0.1) is 6.92 Å². The molecule has 20 heavy (non-hydrogen) atoms. The van der Waals surface area contributed by atoms with Crippen LogP contribution in [0.15, 0.2) is 54.6 Å². The van der Waals surface area contributed by atoms with Gasteiger partial charge in [-0.25, -0.2) is 0 Å². The van der Waals surface area contributed by atoms with Gasteiger partial charge in [0, 0.05) is 6.61 Å². The fourth-order valence-corrected chi connectivity index (χ4v) is 1.89. The van der Waals surface area contributed by atoms with E-state index in [1.54, 1.807) is 0 Å². The lowest BCUT2D eigenvalue weighted by Crippen LogP contribution is -2.01. The largest absolute Gasteiger partial charge is 0.494 e. The lowest BCUT2D eigenvalue weighted by atomic mass is 10.2. The van der Waals surface area contributed by atoms with E-state index in [1.807, 2.05) is 30.3 Å². The van der Waals surface area contributed by atoms with Crippen molar-refractivity contribution in [2.24, 2.45) is 0 Å². The summed E-state index contributed by atoms with van der Waals surface area (Å²) in [5.41, 5.74) is 2.48. The molecule has 2 aromatic rings. The highest BCUT2D eigenvalue weighted by molar-refractivity contribution is 5.26. The zero-order valence-corrected chi connectivity index (χ0v) is 12.0. The van der Waals surface area contributed by atoms with Crippen molar-refractivity contribution in [3.63, 3.8) is 0 Å². The second kappa shape index (κ2) is 8.39. The Hall–Kier alpha value is -1.80. The number of benzene rings is 2. The van der Waals surface area contributed by atoms with Gasteiger partial charge in [0.25, 0.3) is 0 Å². The Bertz CT molecular complexity index is 477. The average molecular weight is 270 g/mol. The molecule has 0 saturated heterocycles. The number of rotatable bonds is 8. The molecule has 0 aliphatic heterocycles. The molecule has 0 saturated carbocycles. The highest BCUT2D eigenvalue weighted by Gasteiger charge is 1.95. The molecule has 0 amide bonds. The first-order valence-electron chi connectivity index (χ1n) is 7.16. The van der Waals surface area contributed by atoms with Gasteiger partial charge in [-0.05, 0) is 37.5 Å². The Kier molecular flexibility index (Phi) is 6.12. The van der Waals surface area contributed by atoms with Crippen LogP contribution in [0.2, 0.25) is 0 Å². The second-order valence-corrected chi connectivity index (χ2v) is 4.91. The summed E-state index contributed by atoms with van der Waals surface area (Å²) in [6.45, 7) is 4.30. The van der Waals surface area contributed by atoms with Crippen molar-refractivity contribution >= 4 is 0 Å². The summed E-state index contributed by atoms with van der Waals surface area (Å²) >= 11 is 0. The third-order valence-corrected chi connectivity index (χ3v) is 3.08. The molecule has 2 heteroatoms. The van der Waals surface area contributed by atoms with Gasteiger partial charge in [-0.15, -0.1) is 0 Å². The van der Waals surface area contributed by atoms with Gasteiger partial charge in [-0.3, -0.25) is 0 Å². The van der Waals surface area contributed by atoms with E-state index < -0.39 is 0 Å². The zero-order valence-electron chi connectivity index (χ0n) is 12.0. The zero-order chi connectivity index (χ0) is 14.0. The molecule has 0 aliphatic carbocycles. The van der Waals surface area contributed by atoms with E-state index in [0.29, 0.717) is 6.61 Å². The first kappa shape index (κ1) is 14.6. The SMILES string of the molecule is Cc1ccc(OCCCCOCc2ccccc2)cc1. The van der Waals surface area contributed by atoms with Crippen LogP contribution in [-0.4, -0.2) is 13.2 Å². The molecule has 0 atom stereocenters. The number of hydrogen-bond acceptors (Lipinski definition) is 2. The maximum absolute atomic E-state index is 5.67. The summed E-state index contributed by atoms with van der Waals surface area (Å²) in [4.78, 5) is 0. The van der Waals surface area contributed by atoms with E-state index in [1.165, 1.54) is 11.1 Å². The standard InChI is InChI=1S/C18H22O2/c1-16-9-11-18(12-10-16)20-14-6-5-13-19-15-17-7-3-2-4-8-17/h2-4,7-12H,5-6,13-15H2,1H3. The summed E-state index contributed by atoms with van der Waals surface area (Å²) in [5.74, 6) is 0.945. The van der Waals surface area contributed by atoms with Crippen LogP contribution in [0.3, 0.4) is 0 Å². The maximum atomic E-state index is 5.67. The van der Waals surface area contributed by atoms with Gasteiger partial charge in [-0.2, -0.15) is 0 Å². The molecule has 2 nitrogen and oxygen atoms in total. The molecule has 106 valence electrons. The van der Waals surface area contributed by atoms with E-state index in [4.69, 9.17) is 9.47 Å². The van der Waals surface area contributed by atoms with Crippen LogP contribution < -0.4 is 4.74 Å². The van der Waals surface area contributed by atoms with Crippen LogP contribution in [-0.2, 0) is 11.3 Å². The lowest BCUT2D eigenvalue weighted by Gasteiger charge is -2.07. The number of hydrogen-bond donors (Lipinski definition) is 0. The summed E-state index contributed by atoms with van der Waals surface area (Å²) < 4.78 is 11.3. The third-order valence-electron chi connectivity index (χ3n) is 3.08. The summed E-state index contributed by atoms with van der Waals surface area (Å²) in [6.07, 6.45) is 2.04. The molecule has 0 aromatic heterocycles. The van der Waals surface area contributed by atoms with Crippen molar-refractivity contribution in [2.75, 3.05) is 13.2 Å². The van der Waals surface area contributed by atoms with Crippen molar-refractivity contribution in [3.05, 3.63) is 65.7 Å². The molecule has 0 N–H and O–H groups in total. The van der Waals surface area contributed by atoms with Crippen LogP contribution in [0.4, 0.5) is 0 Å². The van der Waals surface area contributed by atoms with Crippen LogP contribution in [0.1, 0.15) is 24.0 Å². The third kappa shape index (κ3) is 5.45. The highest BCUT2D eigenvalue weighted by Crippen LogP contribution is 2.11. The fraction of sp³-hybridized carbons (Fsp3) is 0.333. The minimum atomic E-state index is 0.694. The Labute approximate surface area is 121 Å². The molecule has 2 aromatic carbocycles. The van der Waals surface area contributed by atoms with Crippen LogP contribution >= 0.6 is 0 Å². The van der Waals surface area contributed by atoms with E-state index in [9.17, 15) is 0 Å². The van der Waals surface area contributed by atoms with Crippen molar-refractivity contribution in [3.8, 4) is 5.75 Å². The maximum Gasteiger partial charge on any atom is 0.119 e. The van der Waals surface area contributed by atoms with Gasteiger partial charge in [0.15, 0.2) is 0 Å². The van der Waals surface area contributed by atoms with Gasteiger partial charge < -0.3 is 9.47 Å². The van der Waals surface area contributed by atoms with Gasteiger partial charge >= 0.3 is 0 Å². The molecule has 2 rings (SSSR count). The number of aryl methyl sites for hydroxylation is 1. The fourth-order valence-electron chi connectivity index (χ4n) is 1.89. The van der Waals surface area contributed by atoms with E-state index >= 15 is 0 Å². The molecule has 0 heterocycles. The van der Waals surface area contributed by atoms with Crippen molar-refractivity contribution in [1.29, 1.82) is 0 Å². The highest BCUT2D eigenvalue weighted by atomic mass is 16.5. The quantitative estimate of drug-likeness (QED) is 0.663. The molecule has 0 radical (unpaired) electrons. The molecule has 0 unspecified atom stereocenters. The molecule has 0 aliphatic rings. The Morgan fingerprint density at radius 1 is 0.800 bits per heavy atom.